The van der Waals surface area contributed by atoms with Crippen molar-refractivity contribution in [3.63, 3.8) is 0 Å². The number of likely N-dealkylation sites (N-methyl/N-ethyl adjacent to an activating group) is 1. The van der Waals surface area contributed by atoms with Crippen LogP contribution in [0.5, 0.6) is 0 Å². The first-order valence-corrected chi connectivity index (χ1v) is 9.29. The molecule has 1 fully saturated rings. The van der Waals surface area contributed by atoms with E-state index in [4.69, 9.17) is 0 Å². The van der Waals surface area contributed by atoms with E-state index in [-0.39, 0.29) is 0 Å². The van der Waals surface area contributed by atoms with E-state index in [1.807, 2.05) is 7.05 Å². The van der Waals surface area contributed by atoms with Gasteiger partial charge >= 0.3 is 0 Å². The van der Waals surface area contributed by atoms with E-state index in [1.54, 1.807) is 0 Å². The fourth-order valence-corrected chi connectivity index (χ4v) is 3.76. The van der Waals surface area contributed by atoms with Gasteiger partial charge in [0.25, 0.3) is 0 Å². The fourth-order valence-electron chi connectivity index (χ4n) is 3.76. The lowest BCUT2D eigenvalue weighted by Crippen LogP contribution is -2.53. The minimum atomic E-state index is 0.444. The molecule has 0 aliphatic carbocycles. The molecule has 0 radical (unpaired) electrons. The summed E-state index contributed by atoms with van der Waals surface area (Å²) in [6.07, 6.45) is 10.8. The lowest BCUT2D eigenvalue weighted by atomic mass is 9.85. The van der Waals surface area contributed by atoms with Gasteiger partial charge < -0.3 is 10.6 Å². The molecule has 1 heterocycles. The maximum absolute atomic E-state index is 3.69. The Morgan fingerprint density at radius 3 is 2.29 bits per heavy atom. The summed E-state index contributed by atoms with van der Waals surface area (Å²) in [6, 6.07) is 0.733. The van der Waals surface area contributed by atoms with Gasteiger partial charge in [-0.2, -0.15) is 0 Å². The van der Waals surface area contributed by atoms with E-state index in [9.17, 15) is 0 Å². The summed E-state index contributed by atoms with van der Waals surface area (Å²) in [5.41, 5.74) is 0.444. The van der Waals surface area contributed by atoms with Crippen molar-refractivity contribution in [2.75, 3.05) is 33.2 Å². The summed E-state index contributed by atoms with van der Waals surface area (Å²) >= 11 is 0. The molecule has 1 saturated heterocycles. The number of hydrogen-bond donors (Lipinski definition) is 2. The highest BCUT2D eigenvalue weighted by molar-refractivity contribution is 4.90. The Morgan fingerprint density at radius 1 is 1.00 bits per heavy atom. The number of likely N-dealkylation sites (tertiary alicyclic amines) is 1. The molecule has 3 heteroatoms. The van der Waals surface area contributed by atoms with E-state index in [0.29, 0.717) is 5.54 Å². The SMILES string of the molecule is CCCCCC(C)(CCC)N1CCC(NCCNC)CC1. The first-order chi connectivity index (χ1) is 10.2. The predicted octanol–water partition coefficient (Wildman–Crippen LogP) is 3.40. The zero-order chi connectivity index (χ0) is 15.6. The van der Waals surface area contributed by atoms with Gasteiger partial charge in [-0.05, 0) is 39.7 Å². The molecule has 0 aromatic rings. The van der Waals surface area contributed by atoms with Crippen LogP contribution in [-0.2, 0) is 0 Å². The average molecular weight is 298 g/mol. The Kier molecular flexibility index (Phi) is 9.54. The molecule has 3 nitrogen and oxygen atoms in total. The van der Waals surface area contributed by atoms with Gasteiger partial charge in [0.05, 0.1) is 0 Å². The summed E-state index contributed by atoms with van der Waals surface area (Å²) < 4.78 is 0. The Morgan fingerprint density at radius 2 is 1.71 bits per heavy atom. The minimum Gasteiger partial charge on any atom is -0.318 e. The summed E-state index contributed by atoms with van der Waals surface area (Å²) in [7, 11) is 2.02. The van der Waals surface area contributed by atoms with Crippen LogP contribution >= 0.6 is 0 Å². The zero-order valence-electron chi connectivity index (χ0n) is 15.0. The van der Waals surface area contributed by atoms with Crippen molar-refractivity contribution in [1.29, 1.82) is 0 Å². The van der Waals surface area contributed by atoms with Gasteiger partial charge in [0.15, 0.2) is 0 Å². The van der Waals surface area contributed by atoms with Gasteiger partial charge in [-0.25, -0.2) is 0 Å². The van der Waals surface area contributed by atoms with Crippen LogP contribution in [0.2, 0.25) is 0 Å². The predicted molar refractivity (Wildman–Crippen MR) is 94.0 cm³/mol. The maximum atomic E-state index is 3.69. The molecule has 0 aromatic heterocycles. The Labute approximate surface area is 133 Å². The lowest BCUT2D eigenvalue weighted by molar-refractivity contribution is 0.0529. The molecule has 0 aromatic carbocycles. The Hall–Kier alpha value is -0.120. The lowest BCUT2D eigenvalue weighted by Gasteiger charge is -2.45. The van der Waals surface area contributed by atoms with Gasteiger partial charge in [0.2, 0.25) is 0 Å². The standard InChI is InChI=1S/C18H39N3/c1-5-7-8-12-18(3,11-6-2)21-15-9-17(10-16-21)20-14-13-19-4/h17,19-20H,5-16H2,1-4H3. The number of nitrogens with one attached hydrogen (secondary N) is 2. The number of piperidine rings is 1. The van der Waals surface area contributed by atoms with Crippen LogP contribution in [0.1, 0.15) is 72.1 Å². The van der Waals surface area contributed by atoms with Crippen LogP contribution in [0.4, 0.5) is 0 Å². The van der Waals surface area contributed by atoms with Crippen LogP contribution in [0.15, 0.2) is 0 Å². The third-order valence-electron chi connectivity index (χ3n) is 5.17. The quantitative estimate of drug-likeness (QED) is 0.572. The molecule has 1 aliphatic rings. The monoisotopic (exact) mass is 297 g/mol. The van der Waals surface area contributed by atoms with E-state index in [2.05, 4.69) is 36.3 Å². The largest absolute Gasteiger partial charge is 0.318 e. The number of hydrogen-bond acceptors (Lipinski definition) is 3. The molecule has 0 amide bonds. The molecule has 1 aliphatic heterocycles. The molecule has 1 rings (SSSR count). The molecule has 21 heavy (non-hydrogen) atoms. The second-order valence-electron chi connectivity index (χ2n) is 7.02. The highest BCUT2D eigenvalue weighted by atomic mass is 15.2. The molecule has 1 unspecified atom stereocenters. The Balaban J connectivity index is 2.39. The van der Waals surface area contributed by atoms with Crippen molar-refractivity contribution in [2.24, 2.45) is 0 Å². The van der Waals surface area contributed by atoms with Crippen molar-refractivity contribution in [3.05, 3.63) is 0 Å². The van der Waals surface area contributed by atoms with Crippen LogP contribution in [0.3, 0.4) is 0 Å². The zero-order valence-corrected chi connectivity index (χ0v) is 15.0. The molecule has 0 spiro atoms. The molecular formula is C18H39N3. The number of unbranched alkanes of at least 4 members (excludes halogenated alkanes) is 2. The second kappa shape index (κ2) is 10.6. The highest BCUT2D eigenvalue weighted by Gasteiger charge is 2.33. The topological polar surface area (TPSA) is 27.3 Å². The van der Waals surface area contributed by atoms with Crippen molar-refractivity contribution in [1.82, 2.24) is 15.5 Å². The van der Waals surface area contributed by atoms with E-state index < -0.39 is 0 Å². The normalized spacial score (nSPS) is 20.6. The van der Waals surface area contributed by atoms with Gasteiger partial charge in [-0.15, -0.1) is 0 Å². The second-order valence-corrected chi connectivity index (χ2v) is 7.02. The van der Waals surface area contributed by atoms with Crippen LogP contribution in [-0.4, -0.2) is 49.7 Å². The maximum Gasteiger partial charge on any atom is 0.0181 e. The first-order valence-electron chi connectivity index (χ1n) is 9.29. The third kappa shape index (κ3) is 6.66. The van der Waals surface area contributed by atoms with Crippen molar-refractivity contribution < 1.29 is 0 Å². The van der Waals surface area contributed by atoms with Crippen molar-refractivity contribution in [2.45, 2.75) is 83.7 Å². The smallest absolute Gasteiger partial charge is 0.0181 e. The summed E-state index contributed by atoms with van der Waals surface area (Å²) in [4.78, 5) is 2.79. The van der Waals surface area contributed by atoms with Crippen LogP contribution in [0.25, 0.3) is 0 Å². The fraction of sp³-hybridized carbons (Fsp3) is 1.00. The van der Waals surface area contributed by atoms with E-state index in [0.717, 1.165) is 19.1 Å². The highest BCUT2D eigenvalue weighted by Crippen LogP contribution is 2.30. The minimum absolute atomic E-state index is 0.444. The van der Waals surface area contributed by atoms with Crippen molar-refractivity contribution in [3.8, 4) is 0 Å². The molecule has 1 atom stereocenters. The third-order valence-corrected chi connectivity index (χ3v) is 5.17. The Bertz CT molecular complexity index is 249. The summed E-state index contributed by atoms with van der Waals surface area (Å²) in [5, 5.41) is 6.90. The molecule has 126 valence electrons. The average Bonchev–Trinajstić information content (AvgIpc) is 2.49. The van der Waals surface area contributed by atoms with Gasteiger partial charge in [0.1, 0.15) is 0 Å². The number of nitrogens with zero attached hydrogens (tertiary/aromatic N) is 1. The molecule has 2 N–H and O–H groups in total. The molecular weight excluding hydrogens is 258 g/mol. The first kappa shape index (κ1) is 18.9. The van der Waals surface area contributed by atoms with Crippen molar-refractivity contribution >= 4 is 0 Å². The van der Waals surface area contributed by atoms with Gasteiger partial charge in [0, 0.05) is 37.8 Å². The van der Waals surface area contributed by atoms with Gasteiger partial charge in [-0.1, -0.05) is 39.5 Å². The van der Waals surface area contributed by atoms with Crippen LogP contribution < -0.4 is 10.6 Å². The summed E-state index contributed by atoms with van der Waals surface area (Å²) in [6.45, 7) is 11.9. The number of rotatable bonds is 11. The van der Waals surface area contributed by atoms with Crippen LogP contribution in [0, 0.1) is 0 Å². The summed E-state index contributed by atoms with van der Waals surface area (Å²) in [5.74, 6) is 0. The van der Waals surface area contributed by atoms with E-state index >= 15 is 0 Å². The van der Waals surface area contributed by atoms with Gasteiger partial charge in [-0.3, -0.25) is 4.90 Å². The van der Waals surface area contributed by atoms with E-state index in [1.165, 1.54) is 64.5 Å². The molecule has 0 bridgehead atoms. The molecule has 0 saturated carbocycles.